The van der Waals surface area contributed by atoms with Gasteiger partial charge < -0.3 is 0 Å². The standard InChI is InChI=1S/C10H8BrNS/c11-8-1-3-9(4-2-8)13-10(7-12)5-6-10/h1-4H,5-6H2. The van der Waals surface area contributed by atoms with E-state index in [0.717, 1.165) is 17.3 Å². The Kier molecular flexibility index (Phi) is 2.35. The van der Waals surface area contributed by atoms with E-state index in [0.29, 0.717) is 0 Å². The molecule has 13 heavy (non-hydrogen) atoms. The molecule has 2 rings (SSSR count). The molecule has 66 valence electrons. The van der Waals surface area contributed by atoms with Gasteiger partial charge >= 0.3 is 0 Å². The minimum Gasteiger partial charge on any atom is -0.197 e. The second kappa shape index (κ2) is 3.36. The van der Waals surface area contributed by atoms with Gasteiger partial charge in [-0.05, 0) is 37.1 Å². The summed E-state index contributed by atoms with van der Waals surface area (Å²) in [5.41, 5.74) is 0. The second-order valence-electron chi connectivity index (χ2n) is 3.16. The molecule has 0 radical (unpaired) electrons. The Bertz CT molecular complexity index is 348. The fourth-order valence-electron chi connectivity index (χ4n) is 1.08. The Balaban J connectivity index is 2.11. The molecule has 0 amide bonds. The summed E-state index contributed by atoms with van der Waals surface area (Å²) >= 11 is 5.07. The minimum atomic E-state index is -0.103. The van der Waals surface area contributed by atoms with Crippen LogP contribution in [0.4, 0.5) is 0 Å². The molecule has 0 aliphatic heterocycles. The van der Waals surface area contributed by atoms with Crippen molar-refractivity contribution in [1.82, 2.24) is 0 Å². The number of thioether (sulfide) groups is 1. The monoisotopic (exact) mass is 253 g/mol. The smallest absolute Gasteiger partial charge is 0.107 e. The molecule has 1 fully saturated rings. The van der Waals surface area contributed by atoms with Gasteiger partial charge in [-0.3, -0.25) is 0 Å². The van der Waals surface area contributed by atoms with Crippen molar-refractivity contribution in [2.75, 3.05) is 0 Å². The van der Waals surface area contributed by atoms with Crippen LogP contribution in [-0.4, -0.2) is 4.75 Å². The van der Waals surface area contributed by atoms with Crippen LogP contribution in [0.15, 0.2) is 33.6 Å². The Morgan fingerprint density at radius 3 is 2.38 bits per heavy atom. The first-order valence-corrected chi connectivity index (χ1v) is 5.71. The van der Waals surface area contributed by atoms with Crippen LogP contribution >= 0.6 is 27.7 Å². The SMILES string of the molecule is N#CC1(Sc2ccc(Br)cc2)CC1. The normalized spacial score (nSPS) is 17.8. The maximum atomic E-state index is 8.89. The minimum absolute atomic E-state index is 0.103. The summed E-state index contributed by atoms with van der Waals surface area (Å²) < 4.78 is 0.979. The van der Waals surface area contributed by atoms with Gasteiger partial charge in [0.1, 0.15) is 4.75 Å². The molecule has 1 saturated carbocycles. The summed E-state index contributed by atoms with van der Waals surface area (Å²) in [6.45, 7) is 0. The molecule has 0 saturated heterocycles. The van der Waals surface area contributed by atoms with Crippen molar-refractivity contribution >= 4 is 27.7 Å². The fraction of sp³-hybridized carbons (Fsp3) is 0.300. The van der Waals surface area contributed by atoms with Gasteiger partial charge in [-0.25, -0.2) is 0 Å². The van der Waals surface area contributed by atoms with Gasteiger partial charge in [-0.15, -0.1) is 11.8 Å². The molecule has 0 heterocycles. The Morgan fingerprint density at radius 1 is 1.31 bits per heavy atom. The van der Waals surface area contributed by atoms with Crippen LogP contribution in [0.1, 0.15) is 12.8 Å². The number of nitriles is 1. The third-order valence-corrected chi connectivity index (χ3v) is 3.96. The van der Waals surface area contributed by atoms with Gasteiger partial charge in [0.15, 0.2) is 0 Å². The summed E-state index contributed by atoms with van der Waals surface area (Å²) in [7, 11) is 0. The average molecular weight is 254 g/mol. The first-order valence-electron chi connectivity index (χ1n) is 4.10. The number of benzene rings is 1. The van der Waals surface area contributed by atoms with Crippen molar-refractivity contribution in [2.24, 2.45) is 0 Å². The number of hydrogen-bond acceptors (Lipinski definition) is 2. The molecule has 0 aromatic heterocycles. The van der Waals surface area contributed by atoms with E-state index >= 15 is 0 Å². The number of nitrogens with zero attached hydrogens (tertiary/aromatic N) is 1. The first kappa shape index (κ1) is 9.11. The number of hydrogen-bond donors (Lipinski definition) is 0. The maximum absolute atomic E-state index is 8.89. The molecule has 1 aliphatic rings. The van der Waals surface area contributed by atoms with Crippen molar-refractivity contribution in [3.05, 3.63) is 28.7 Å². The second-order valence-corrected chi connectivity index (χ2v) is 5.53. The predicted octanol–water partition coefficient (Wildman–Crippen LogP) is 3.60. The molecule has 1 nitrogen and oxygen atoms in total. The average Bonchev–Trinajstić information content (AvgIpc) is 2.90. The molecule has 1 aliphatic carbocycles. The highest BCUT2D eigenvalue weighted by molar-refractivity contribution is 9.10. The van der Waals surface area contributed by atoms with E-state index in [1.165, 1.54) is 4.90 Å². The van der Waals surface area contributed by atoms with Crippen molar-refractivity contribution in [1.29, 1.82) is 5.26 Å². The fourth-order valence-corrected chi connectivity index (χ4v) is 2.42. The molecular weight excluding hydrogens is 246 g/mol. The largest absolute Gasteiger partial charge is 0.197 e. The molecule has 0 N–H and O–H groups in total. The zero-order valence-corrected chi connectivity index (χ0v) is 9.36. The van der Waals surface area contributed by atoms with E-state index in [9.17, 15) is 0 Å². The molecule has 1 aromatic carbocycles. The molecule has 0 spiro atoms. The summed E-state index contributed by atoms with van der Waals surface area (Å²) in [6.07, 6.45) is 2.06. The van der Waals surface area contributed by atoms with Crippen LogP contribution in [-0.2, 0) is 0 Å². The lowest BCUT2D eigenvalue weighted by atomic mass is 10.4. The highest BCUT2D eigenvalue weighted by Gasteiger charge is 2.44. The van der Waals surface area contributed by atoms with Gasteiger partial charge in [0.2, 0.25) is 0 Å². The lowest BCUT2D eigenvalue weighted by Crippen LogP contribution is -1.95. The van der Waals surface area contributed by atoms with Gasteiger partial charge in [0, 0.05) is 9.37 Å². The summed E-state index contributed by atoms with van der Waals surface area (Å²) in [5.74, 6) is 0. The van der Waals surface area contributed by atoms with E-state index in [1.54, 1.807) is 11.8 Å². The van der Waals surface area contributed by atoms with E-state index < -0.39 is 0 Å². The van der Waals surface area contributed by atoms with Gasteiger partial charge in [-0.1, -0.05) is 15.9 Å². The van der Waals surface area contributed by atoms with E-state index in [-0.39, 0.29) is 4.75 Å². The first-order chi connectivity index (χ1) is 6.24. The van der Waals surface area contributed by atoms with Gasteiger partial charge in [0.25, 0.3) is 0 Å². The van der Waals surface area contributed by atoms with Crippen LogP contribution in [0.3, 0.4) is 0 Å². The van der Waals surface area contributed by atoms with Crippen molar-refractivity contribution in [3.8, 4) is 6.07 Å². The van der Waals surface area contributed by atoms with E-state index in [4.69, 9.17) is 5.26 Å². The van der Waals surface area contributed by atoms with Crippen LogP contribution in [0.5, 0.6) is 0 Å². The van der Waals surface area contributed by atoms with Crippen LogP contribution < -0.4 is 0 Å². The molecule has 0 bridgehead atoms. The summed E-state index contributed by atoms with van der Waals surface area (Å²) in [5, 5.41) is 8.89. The molecule has 1 aromatic rings. The lowest BCUT2D eigenvalue weighted by Gasteiger charge is -2.04. The number of rotatable bonds is 2. The van der Waals surface area contributed by atoms with Gasteiger partial charge in [-0.2, -0.15) is 5.26 Å². The molecule has 0 atom stereocenters. The van der Waals surface area contributed by atoms with Crippen molar-refractivity contribution < 1.29 is 0 Å². The molecular formula is C10H8BrNS. The Labute approximate surface area is 90.3 Å². The predicted molar refractivity (Wildman–Crippen MR) is 57.6 cm³/mol. The zero-order valence-electron chi connectivity index (χ0n) is 6.96. The number of halogens is 1. The van der Waals surface area contributed by atoms with Crippen molar-refractivity contribution in [2.45, 2.75) is 22.5 Å². The van der Waals surface area contributed by atoms with Crippen LogP contribution in [0.2, 0.25) is 0 Å². The lowest BCUT2D eigenvalue weighted by molar-refractivity contribution is 1.19. The summed E-state index contributed by atoms with van der Waals surface area (Å²) in [4.78, 5) is 1.18. The van der Waals surface area contributed by atoms with Crippen LogP contribution in [0, 0.1) is 11.3 Å². The maximum Gasteiger partial charge on any atom is 0.107 e. The highest BCUT2D eigenvalue weighted by atomic mass is 79.9. The highest BCUT2D eigenvalue weighted by Crippen LogP contribution is 2.51. The molecule has 0 unspecified atom stereocenters. The quantitative estimate of drug-likeness (QED) is 0.805. The Hall–Kier alpha value is -0.460. The molecule has 3 heteroatoms. The van der Waals surface area contributed by atoms with E-state index in [1.807, 2.05) is 24.3 Å². The van der Waals surface area contributed by atoms with E-state index in [2.05, 4.69) is 22.0 Å². The van der Waals surface area contributed by atoms with Crippen LogP contribution in [0.25, 0.3) is 0 Å². The Morgan fingerprint density at radius 2 is 1.92 bits per heavy atom. The topological polar surface area (TPSA) is 23.8 Å². The summed E-state index contributed by atoms with van der Waals surface area (Å²) in [6, 6.07) is 10.5. The van der Waals surface area contributed by atoms with Crippen molar-refractivity contribution in [3.63, 3.8) is 0 Å². The third-order valence-electron chi connectivity index (χ3n) is 2.03. The van der Waals surface area contributed by atoms with Gasteiger partial charge in [0.05, 0.1) is 6.07 Å². The third kappa shape index (κ3) is 2.07. The zero-order chi connectivity index (χ0) is 9.31.